The van der Waals surface area contributed by atoms with Gasteiger partial charge in [0.25, 0.3) is 5.69 Å². The Balaban J connectivity index is 1.60. The molecular weight excluding hydrogens is 360 g/mol. The zero-order valence-corrected chi connectivity index (χ0v) is 15.1. The lowest BCUT2D eigenvalue weighted by molar-refractivity contribution is -0.384. The van der Waals surface area contributed by atoms with Crippen LogP contribution < -0.4 is 0 Å². The van der Waals surface area contributed by atoms with Crippen LogP contribution in [0.3, 0.4) is 0 Å². The molecule has 0 aliphatic carbocycles. The molecule has 1 aromatic rings. The minimum Gasteiger partial charge on any atom is -0.459 e. The van der Waals surface area contributed by atoms with E-state index in [2.05, 4.69) is 0 Å². The summed E-state index contributed by atoms with van der Waals surface area (Å²) >= 11 is 1.63. The molecule has 0 saturated carbocycles. The fourth-order valence-corrected chi connectivity index (χ4v) is 4.66. The Hall–Kier alpha value is -2.13. The normalized spacial score (nSPS) is 24.1. The third-order valence-corrected chi connectivity index (χ3v) is 5.92. The number of hydrogen-bond donors (Lipinski definition) is 0. The third kappa shape index (κ3) is 3.83. The molecule has 2 fully saturated rings. The second-order valence-electron chi connectivity index (χ2n) is 6.27. The summed E-state index contributed by atoms with van der Waals surface area (Å²) in [6.07, 6.45) is 1.28. The van der Waals surface area contributed by atoms with E-state index in [0.717, 1.165) is 12.2 Å². The second kappa shape index (κ2) is 8.05. The molecule has 140 valence electrons. The molecular formula is C17H20N2O6S. The maximum atomic E-state index is 12.6. The van der Waals surface area contributed by atoms with Crippen LogP contribution in [-0.2, 0) is 25.7 Å². The highest BCUT2D eigenvalue weighted by Crippen LogP contribution is 2.41. The number of amides is 1. The summed E-state index contributed by atoms with van der Waals surface area (Å²) in [6, 6.07) is 5.42. The molecule has 8 nitrogen and oxygen atoms in total. The number of methoxy groups -OCH3 is 1. The van der Waals surface area contributed by atoms with Gasteiger partial charge in [-0.1, -0.05) is 0 Å². The predicted octanol–water partition coefficient (Wildman–Crippen LogP) is 1.76. The van der Waals surface area contributed by atoms with Crippen LogP contribution in [-0.4, -0.2) is 58.5 Å². The van der Waals surface area contributed by atoms with Gasteiger partial charge < -0.3 is 14.4 Å². The van der Waals surface area contributed by atoms with Crippen molar-refractivity contribution in [1.29, 1.82) is 0 Å². The van der Waals surface area contributed by atoms with E-state index in [4.69, 9.17) is 9.47 Å². The molecule has 1 aromatic carbocycles. The van der Waals surface area contributed by atoms with E-state index in [-0.39, 0.29) is 29.5 Å². The van der Waals surface area contributed by atoms with E-state index in [1.165, 1.54) is 12.1 Å². The number of ether oxygens (including phenoxy) is 2. The molecule has 0 aromatic heterocycles. The Morgan fingerprint density at radius 2 is 2.12 bits per heavy atom. The highest BCUT2D eigenvalue weighted by atomic mass is 32.2. The number of carbonyl (C=O) groups is 2. The zero-order valence-electron chi connectivity index (χ0n) is 14.3. The molecule has 2 aliphatic rings. The lowest BCUT2D eigenvalue weighted by atomic mass is 10.0. The summed E-state index contributed by atoms with van der Waals surface area (Å²) in [5.74, 6) is 0.318. The molecule has 0 N–H and O–H groups in total. The summed E-state index contributed by atoms with van der Waals surface area (Å²) in [7, 11) is 1.63. The van der Waals surface area contributed by atoms with E-state index in [1.807, 2.05) is 0 Å². The van der Waals surface area contributed by atoms with Gasteiger partial charge in [-0.2, -0.15) is 11.8 Å². The van der Waals surface area contributed by atoms with Gasteiger partial charge in [-0.3, -0.25) is 14.9 Å². The molecule has 1 amide bonds. The van der Waals surface area contributed by atoms with Crippen LogP contribution >= 0.6 is 11.8 Å². The summed E-state index contributed by atoms with van der Waals surface area (Å²) in [4.78, 5) is 36.3. The fraction of sp³-hybridized carbons (Fsp3) is 0.529. The minimum absolute atomic E-state index is 0.00552. The number of β-lactam (4-membered cyclic amide) rings is 1. The monoisotopic (exact) mass is 380 g/mol. The van der Waals surface area contributed by atoms with Gasteiger partial charge >= 0.3 is 5.97 Å². The molecule has 9 heteroatoms. The Morgan fingerprint density at radius 1 is 1.38 bits per heavy atom. The first-order chi connectivity index (χ1) is 12.5. The summed E-state index contributed by atoms with van der Waals surface area (Å²) in [5, 5.41) is 10.7. The van der Waals surface area contributed by atoms with Gasteiger partial charge in [-0.25, -0.2) is 4.79 Å². The van der Waals surface area contributed by atoms with Gasteiger partial charge in [0.2, 0.25) is 5.91 Å². The van der Waals surface area contributed by atoms with E-state index in [1.54, 1.807) is 35.9 Å². The van der Waals surface area contributed by atoms with Crippen LogP contribution in [0.25, 0.3) is 0 Å². The van der Waals surface area contributed by atoms with Gasteiger partial charge in [-0.15, -0.1) is 0 Å². The van der Waals surface area contributed by atoms with E-state index in [0.29, 0.717) is 18.6 Å². The highest BCUT2D eigenvalue weighted by Gasteiger charge is 2.54. The second-order valence-corrected chi connectivity index (χ2v) is 7.62. The first kappa shape index (κ1) is 18.7. The average Bonchev–Trinajstić information content (AvgIpc) is 2.92. The number of nitrogens with zero attached hydrogens (tertiary/aromatic N) is 2. The molecule has 2 aliphatic heterocycles. The first-order valence-corrected chi connectivity index (χ1v) is 9.38. The number of benzene rings is 1. The molecule has 0 bridgehead atoms. The van der Waals surface area contributed by atoms with Gasteiger partial charge in [-0.05, 0) is 24.1 Å². The van der Waals surface area contributed by atoms with Crippen molar-refractivity contribution < 1.29 is 24.0 Å². The topological polar surface area (TPSA) is 99.0 Å². The standard InChI is InChI=1S/C17H20N2O6S/c1-24-6-7-26-14-8-13-9-15(20)18(13)16(14)17(21)25-10-11-2-4-12(5-3-11)19(22)23/h2-5,13-14,16H,6-10H2,1H3/t13?,14-,16-/m0/s1. The van der Waals surface area contributed by atoms with Crippen LogP contribution in [0.5, 0.6) is 0 Å². The van der Waals surface area contributed by atoms with Gasteiger partial charge in [0.15, 0.2) is 0 Å². The molecule has 26 heavy (non-hydrogen) atoms. The van der Waals surface area contributed by atoms with Crippen molar-refractivity contribution in [2.75, 3.05) is 19.5 Å². The number of rotatable bonds is 8. The summed E-state index contributed by atoms with van der Waals surface area (Å²) in [5.41, 5.74) is 0.650. The van der Waals surface area contributed by atoms with Crippen molar-refractivity contribution in [1.82, 2.24) is 4.90 Å². The molecule has 1 unspecified atom stereocenters. The Morgan fingerprint density at radius 3 is 2.73 bits per heavy atom. The van der Waals surface area contributed by atoms with E-state index >= 15 is 0 Å². The van der Waals surface area contributed by atoms with Crippen molar-refractivity contribution in [3.63, 3.8) is 0 Å². The summed E-state index contributed by atoms with van der Waals surface area (Å²) in [6.45, 7) is 0.611. The van der Waals surface area contributed by atoms with Crippen LogP contribution in [0.4, 0.5) is 5.69 Å². The van der Waals surface area contributed by atoms with Crippen LogP contribution in [0.1, 0.15) is 18.4 Å². The SMILES string of the molecule is COCCS[C@H]1CC2CC(=O)N2[C@@H]1C(=O)OCc1ccc([N+](=O)[O-])cc1. The fourth-order valence-electron chi connectivity index (χ4n) is 3.31. The number of carbonyl (C=O) groups excluding carboxylic acids is 2. The maximum absolute atomic E-state index is 12.6. The van der Waals surface area contributed by atoms with Crippen molar-refractivity contribution in [3.05, 3.63) is 39.9 Å². The average molecular weight is 380 g/mol. The number of esters is 1. The molecule has 0 radical (unpaired) electrons. The molecule has 2 heterocycles. The summed E-state index contributed by atoms with van der Waals surface area (Å²) < 4.78 is 10.5. The van der Waals surface area contributed by atoms with Crippen LogP contribution in [0.15, 0.2) is 24.3 Å². The third-order valence-electron chi connectivity index (χ3n) is 4.64. The number of non-ortho nitro benzene ring substituents is 1. The first-order valence-electron chi connectivity index (χ1n) is 8.33. The van der Waals surface area contributed by atoms with Gasteiger partial charge in [0.1, 0.15) is 12.6 Å². The Labute approximate surface area is 155 Å². The zero-order chi connectivity index (χ0) is 18.7. The molecule has 3 atom stereocenters. The number of nitro benzene ring substituents is 1. The van der Waals surface area contributed by atoms with Gasteiger partial charge in [0, 0.05) is 42.7 Å². The van der Waals surface area contributed by atoms with Gasteiger partial charge in [0.05, 0.1) is 11.5 Å². The maximum Gasteiger partial charge on any atom is 0.330 e. The lowest BCUT2D eigenvalue weighted by Crippen LogP contribution is -2.55. The number of nitro groups is 1. The molecule has 0 spiro atoms. The predicted molar refractivity (Wildman–Crippen MR) is 94.7 cm³/mol. The minimum atomic E-state index is -0.568. The quantitative estimate of drug-likeness (QED) is 0.223. The number of hydrogen-bond acceptors (Lipinski definition) is 7. The van der Waals surface area contributed by atoms with Crippen LogP contribution in [0, 0.1) is 10.1 Å². The van der Waals surface area contributed by atoms with Crippen LogP contribution in [0.2, 0.25) is 0 Å². The van der Waals surface area contributed by atoms with E-state index < -0.39 is 16.9 Å². The Kier molecular flexibility index (Phi) is 5.77. The van der Waals surface area contributed by atoms with Crippen molar-refractivity contribution in [3.8, 4) is 0 Å². The molecule has 3 rings (SSSR count). The Bertz CT molecular complexity index is 695. The number of thioether (sulfide) groups is 1. The number of fused-ring (bicyclic) bond motifs is 1. The highest BCUT2D eigenvalue weighted by molar-refractivity contribution is 8.00. The van der Waals surface area contributed by atoms with Crippen molar-refractivity contribution in [2.24, 2.45) is 0 Å². The molecule has 2 saturated heterocycles. The largest absolute Gasteiger partial charge is 0.459 e. The lowest BCUT2D eigenvalue weighted by Gasteiger charge is -2.37. The van der Waals surface area contributed by atoms with E-state index in [9.17, 15) is 19.7 Å². The van der Waals surface area contributed by atoms with Crippen molar-refractivity contribution in [2.45, 2.75) is 36.8 Å². The smallest absolute Gasteiger partial charge is 0.330 e. The van der Waals surface area contributed by atoms with Crippen molar-refractivity contribution >= 4 is 29.3 Å².